The second-order valence-corrected chi connectivity index (χ2v) is 6.19. The molecule has 138 valence electrons. The molecule has 6 heteroatoms. The van der Waals surface area contributed by atoms with Gasteiger partial charge in [0.05, 0.1) is 11.1 Å². The van der Waals surface area contributed by atoms with Crippen LogP contribution < -0.4 is 9.47 Å². The van der Waals surface area contributed by atoms with Gasteiger partial charge in [-0.2, -0.15) is 0 Å². The van der Waals surface area contributed by atoms with Gasteiger partial charge in [0.1, 0.15) is 17.3 Å². The Balaban J connectivity index is 1.61. The number of fused-ring (bicyclic) bond motifs is 1. The zero-order valence-electron chi connectivity index (χ0n) is 14.8. The minimum atomic E-state index is -0.626. The molecular formula is C22H14FNO4. The third kappa shape index (κ3) is 3.27. The topological polar surface area (TPSA) is 65.5 Å². The molecule has 28 heavy (non-hydrogen) atoms. The zero-order chi connectivity index (χ0) is 19.7. The van der Waals surface area contributed by atoms with E-state index in [4.69, 9.17) is 9.47 Å². The first-order chi connectivity index (χ1) is 13.5. The van der Waals surface area contributed by atoms with Gasteiger partial charge in [0.2, 0.25) is 5.78 Å². The zero-order valence-corrected chi connectivity index (χ0v) is 14.8. The number of rotatable bonds is 3. The van der Waals surface area contributed by atoms with Crippen LogP contribution in [0.2, 0.25) is 0 Å². The lowest BCUT2D eigenvalue weighted by Crippen LogP contribution is -2.09. The maximum Gasteiger partial charge on any atom is 0.343 e. The molecule has 0 N–H and O–H groups in total. The van der Waals surface area contributed by atoms with E-state index in [-0.39, 0.29) is 22.9 Å². The predicted octanol–water partition coefficient (Wildman–Crippen LogP) is 4.36. The lowest BCUT2D eigenvalue weighted by molar-refractivity contribution is 0.0733. The molecule has 4 rings (SSSR count). The van der Waals surface area contributed by atoms with Crippen molar-refractivity contribution < 1.29 is 23.5 Å². The second kappa shape index (κ2) is 7.08. The standard InChI is InChI=1S/C22H14FNO4/c1-13-18(28-22(26)15-4-6-16(23)7-5-15)9-8-17-20(25)19(27-21(13)17)11-14-3-2-10-24-12-14/h2-12H,1H3/b19-11-. The van der Waals surface area contributed by atoms with Gasteiger partial charge in [-0.25, -0.2) is 9.18 Å². The molecular weight excluding hydrogens is 361 g/mol. The van der Waals surface area contributed by atoms with Gasteiger partial charge in [-0.3, -0.25) is 9.78 Å². The molecule has 2 heterocycles. The number of ketones is 1. The van der Waals surface area contributed by atoms with E-state index in [1.807, 2.05) is 6.07 Å². The maximum atomic E-state index is 13.0. The van der Waals surface area contributed by atoms with Crippen LogP contribution in [-0.4, -0.2) is 16.7 Å². The molecule has 0 saturated carbocycles. The first kappa shape index (κ1) is 17.6. The number of allylic oxidation sites excluding steroid dienone is 1. The normalized spacial score (nSPS) is 13.9. The number of halogens is 1. The van der Waals surface area contributed by atoms with E-state index in [0.29, 0.717) is 16.9 Å². The number of benzene rings is 2. The van der Waals surface area contributed by atoms with Gasteiger partial charge in [0, 0.05) is 18.0 Å². The summed E-state index contributed by atoms with van der Waals surface area (Å²) in [4.78, 5) is 28.9. The SMILES string of the molecule is Cc1c(OC(=O)c2ccc(F)cc2)ccc2c1O/C(=C\c1cccnc1)C2=O. The summed E-state index contributed by atoms with van der Waals surface area (Å²) in [6, 6.07) is 11.7. The molecule has 3 aromatic rings. The molecule has 1 aliphatic heterocycles. The van der Waals surface area contributed by atoms with Crippen LogP contribution in [-0.2, 0) is 0 Å². The highest BCUT2D eigenvalue weighted by Crippen LogP contribution is 2.39. The van der Waals surface area contributed by atoms with Crippen LogP contribution in [0.25, 0.3) is 6.08 Å². The number of Topliss-reactive ketones (excluding diaryl/α,β-unsaturated/α-hetero) is 1. The van der Waals surface area contributed by atoms with Gasteiger partial charge in [0.25, 0.3) is 0 Å². The molecule has 1 aliphatic rings. The highest BCUT2D eigenvalue weighted by molar-refractivity contribution is 6.15. The lowest BCUT2D eigenvalue weighted by Gasteiger charge is -2.10. The Morgan fingerprint density at radius 1 is 1.14 bits per heavy atom. The fourth-order valence-electron chi connectivity index (χ4n) is 2.84. The van der Waals surface area contributed by atoms with Crippen molar-refractivity contribution in [3.8, 4) is 11.5 Å². The van der Waals surface area contributed by atoms with Crippen molar-refractivity contribution in [2.45, 2.75) is 6.92 Å². The Labute approximate surface area is 160 Å². The highest BCUT2D eigenvalue weighted by atomic mass is 19.1. The summed E-state index contributed by atoms with van der Waals surface area (Å²) >= 11 is 0. The first-order valence-electron chi connectivity index (χ1n) is 8.48. The summed E-state index contributed by atoms with van der Waals surface area (Å²) in [7, 11) is 0. The number of ether oxygens (including phenoxy) is 2. The van der Waals surface area contributed by atoms with E-state index in [1.54, 1.807) is 43.6 Å². The minimum absolute atomic E-state index is 0.174. The van der Waals surface area contributed by atoms with Gasteiger partial charge in [-0.05, 0) is 61.0 Å². The van der Waals surface area contributed by atoms with Crippen molar-refractivity contribution in [2.24, 2.45) is 0 Å². The van der Waals surface area contributed by atoms with Crippen molar-refractivity contribution in [1.82, 2.24) is 4.98 Å². The van der Waals surface area contributed by atoms with E-state index in [9.17, 15) is 14.0 Å². The molecule has 0 saturated heterocycles. The largest absolute Gasteiger partial charge is 0.452 e. The number of hydrogen-bond donors (Lipinski definition) is 0. The molecule has 0 amide bonds. The van der Waals surface area contributed by atoms with E-state index >= 15 is 0 Å². The number of carbonyl (C=O) groups excluding carboxylic acids is 2. The molecule has 0 atom stereocenters. The van der Waals surface area contributed by atoms with E-state index in [0.717, 1.165) is 5.56 Å². The minimum Gasteiger partial charge on any atom is -0.452 e. The monoisotopic (exact) mass is 375 g/mol. The van der Waals surface area contributed by atoms with Crippen LogP contribution in [0.3, 0.4) is 0 Å². The summed E-state index contributed by atoms with van der Waals surface area (Å²) in [5, 5.41) is 0. The van der Waals surface area contributed by atoms with Crippen LogP contribution in [0.1, 0.15) is 31.8 Å². The number of nitrogens with zero attached hydrogens (tertiary/aromatic N) is 1. The van der Waals surface area contributed by atoms with Gasteiger partial charge in [-0.15, -0.1) is 0 Å². The summed E-state index contributed by atoms with van der Waals surface area (Å²) < 4.78 is 24.2. The maximum absolute atomic E-state index is 13.0. The smallest absolute Gasteiger partial charge is 0.343 e. The Hall–Kier alpha value is -3.80. The van der Waals surface area contributed by atoms with E-state index < -0.39 is 11.8 Å². The predicted molar refractivity (Wildman–Crippen MR) is 99.7 cm³/mol. The molecule has 0 aliphatic carbocycles. The third-order valence-corrected chi connectivity index (χ3v) is 4.30. The molecule has 0 unspecified atom stereocenters. The molecule has 5 nitrogen and oxygen atoms in total. The molecule has 1 aromatic heterocycles. The number of esters is 1. The summed E-state index contributed by atoms with van der Waals surface area (Å²) in [6.45, 7) is 1.70. The first-order valence-corrected chi connectivity index (χ1v) is 8.48. The quantitative estimate of drug-likeness (QED) is 0.386. The molecule has 0 fully saturated rings. The van der Waals surface area contributed by atoms with Crippen LogP contribution in [0.4, 0.5) is 4.39 Å². The Morgan fingerprint density at radius 3 is 2.64 bits per heavy atom. The number of hydrogen-bond acceptors (Lipinski definition) is 5. The van der Waals surface area contributed by atoms with Gasteiger partial charge in [0.15, 0.2) is 5.76 Å². The fraction of sp³-hybridized carbons (Fsp3) is 0.0455. The summed E-state index contributed by atoms with van der Waals surface area (Å²) in [6.07, 6.45) is 4.87. The fourth-order valence-corrected chi connectivity index (χ4v) is 2.84. The van der Waals surface area contributed by atoms with Crippen molar-refractivity contribution in [3.05, 3.63) is 94.8 Å². The Kier molecular flexibility index (Phi) is 4.45. The van der Waals surface area contributed by atoms with Crippen molar-refractivity contribution in [3.63, 3.8) is 0 Å². The van der Waals surface area contributed by atoms with Crippen LogP contribution in [0.15, 0.2) is 66.7 Å². The van der Waals surface area contributed by atoms with Gasteiger partial charge < -0.3 is 9.47 Å². The average Bonchev–Trinajstić information content (AvgIpc) is 3.02. The molecule has 2 aromatic carbocycles. The van der Waals surface area contributed by atoms with Crippen LogP contribution in [0.5, 0.6) is 11.5 Å². The lowest BCUT2D eigenvalue weighted by atomic mass is 10.1. The molecule has 0 radical (unpaired) electrons. The van der Waals surface area contributed by atoms with Crippen molar-refractivity contribution in [1.29, 1.82) is 0 Å². The number of pyridine rings is 1. The van der Waals surface area contributed by atoms with Gasteiger partial charge >= 0.3 is 5.97 Å². The van der Waals surface area contributed by atoms with Gasteiger partial charge in [-0.1, -0.05) is 6.07 Å². The summed E-state index contributed by atoms with van der Waals surface area (Å²) in [5.41, 5.74) is 1.87. The number of aromatic nitrogens is 1. The molecule has 0 bridgehead atoms. The Morgan fingerprint density at radius 2 is 1.93 bits per heavy atom. The van der Waals surface area contributed by atoms with E-state index in [2.05, 4.69) is 4.98 Å². The molecule has 0 spiro atoms. The Bertz CT molecular complexity index is 1110. The van der Waals surface area contributed by atoms with Crippen molar-refractivity contribution in [2.75, 3.05) is 0 Å². The average molecular weight is 375 g/mol. The third-order valence-electron chi connectivity index (χ3n) is 4.30. The van der Waals surface area contributed by atoms with E-state index in [1.165, 1.54) is 24.3 Å². The second-order valence-electron chi connectivity index (χ2n) is 6.19. The summed E-state index contributed by atoms with van der Waals surface area (Å²) in [5.74, 6) is -0.525. The van der Waals surface area contributed by atoms with Crippen LogP contribution >= 0.6 is 0 Å². The number of carbonyl (C=O) groups is 2. The highest BCUT2D eigenvalue weighted by Gasteiger charge is 2.30. The van der Waals surface area contributed by atoms with Crippen LogP contribution in [0, 0.1) is 12.7 Å². The van der Waals surface area contributed by atoms with Crippen molar-refractivity contribution >= 4 is 17.8 Å².